The Balaban J connectivity index is 0.808. The molecule has 0 radical (unpaired) electrons. The number of rotatable bonds is 28. The third-order valence-electron chi connectivity index (χ3n) is 11.8. The first kappa shape index (κ1) is 52.4. The van der Waals surface area contributed by atoms with E-state index < -0.39 is 31.7 Å². The van der Waals surface area contributed by atoms with E-state index in [1.807, 2.05) is 0 Å². The standard InChI is InChI=1S/C48H57F8N2O5PS2/c49-41-13-3-1-11-37(41)45(31-60-32-45)19-5-7-25-65-43-17-15-35(27-39(43)47(51,52)53)29-57-21-9-23-62-64(59)63-24-10-22-58-30-36-16-18-44(40(28-36)48(54,55)56)66-26-8-6-20-46(33-61-34-46)38-12-2-4-14-42(38)50/h1-4,11-18,27-28,57-58,64H,5-10,19-26,29-34H2. The lowest BCUT2D eigenvalue weighted by atomic mass is 9.74. The van der Waals surface area contributed by atoms with Gasteiger partial charge >= 0.3 is 20.6 Å². The minimum absolute atomic E-state index is 0.113. The van der Waals surface area contributed by atoms with Crippen LogP contribution in [0.15, 0.2) is 94.7 Å². The SMILES string of the molecule is O=[PH](OCCCNCc1ccc(SCCCCC2(c3ccccc3F)COC2)c(C(F)(F)F)c1)OCCCNCc1ccc(SCCCCC2(c3ccccc3F)COC2)c(C(F)(F)F)c1. The van der Waals surface area contributed by atoms with E-state index in [0.717, 1.165) is 48.5 Å². The largest absolute Gasteiger partial charge is 0.417 e. The van der Waals surface area contributed by atoms with Crippen molar-refractivity contribution in [2.24, 2.45) is 0 Å². The van der Waals surface area contributed by atoms with Gasteiger partial charge in [0.05, 0.1) is 50.8 Å². The van der Waals surface area contributed by atoms with Gasteiger partial charge < -0.3 is 29.2 Å². The third kappa shape index (κ3) is 15.0. The van der Waals surface area contributed by atoms with E-state index >= 15 is 0 Å². The van der Waals surface area contributed by atoms with Gasteiger partial charge in [0.15, 0.2) is 0 Å². The van der Waals surface area contributed by atoms with Gasteiger partial charge in [0, 0.05) is 33.7 Å². The fourth-order valence-electron chi connectivity index (χ4n) is 8.13. The van der Waals surface area contributed by atoms with Gasteiger partial charge in [-0.1, -0.05) is 61.4 Å². The maximum Gasteiger partial charge on any atom is 0.417 e. The fourth-order valence-corrected chi connectivity index (χ4v) is 11.0. The highest BCUT2D eigenvalue weighted by Gasteiger charge is 2.43. The number of alkyl halides is 6. The average Bonchev–Trinajstić information content (AvgIpc) is 3.25. The summed E-state index contributed by atoms with van der Waals surface area (Å²) in [6.45, 7) is 3.17. The fraction of sp³-hybridized carbons (Fsp3) is 0.500. The van der Waals surface area contributed by atoms with Gasteiger partial charge in [-0.3, -0.25) is 4.57 Å². The van der Waals surface area contributed by atoms with Crippen molar-refractivity contribution < 1.29 is 58.2 Å². The molecule has 6 rings (SSSR count). The van der Waals surface area contributed by atoms with Crippen LogP contribution in [0.2, 0.25) is 0 Å². The summed E-state index contributed by atoms with van der Waals surface area (Å²) in [6, 6.07) is 21.9. The number of benzene rings is 4. The number of nitrogens with one attached hydrogen (secondary N) is 2. The zero-order valence-corrected chi connectivity index (χ0v) is 39.2. The Morgan fingerprint density at radius 2 is 0.985 bits per heavy atom. The second-order valence-corrected chi connectivity index (χ2v) is 20.1. The monoisotopic (exact) mass is 988 g/mol. The molecule has 2 aliphatic heterocycles. The molecule has 0 unspecified atom stereocenters. The Morgan fingerprint density at radius 3 is 1.35 bits per heavy atom. The Hall–Kier alpha value is -2.99. The van der Waals surface area contributed by atoms with Crippen molar-refractivity contribution in [2.45, 2.75) is 97.4 Å². The van der Waals surface area contributed by atoms with E-state index in [9.17, 15) is 39.7 Å². The van der Waals surface area contributed by atoms with Gasteiger partial charge in [0.25, 0.3) is 0 Å². The molecule has 2 saturated heterocycles. The molecule has 0 aliphatic carbocycles. The van der Waals surface area contributed by atoms with Crippen LogP contribution in [0.25, 0.3) is 0 Å². The smallest absolute Gasteiger partial charge is 0.379 e. The molecule has 18 heteroatoms. The van der Waals surface area contributed by atoms with Gasteiger partial charge in [-0.25, -0.2) is 8.78 Å². The molecule has 362 valence electrons. The van der Waals surface area contributed by atoms with Crippen LogP contribution in [0, 0.1) is 11.6 Å². The zero-order chi connectivity index (χ0) is 47.0. The van der Waals surface area contributed by atoms with Crippen LogP contribution in [0.3, 0.4) is 0 Å². The minimum atomic E-state index is -4.52. The van der Waals surface area contributed by atoms with E-state index in [-0.39, 0.29) is 58.6 Å². The van der Waals surface area contributed by atoms with Gasteiger partial charge in [0.2, 0.25) is 0 Å². The number of unbranched alkanes of at least 4 members (excludes halogenated alkanes) is 2. The molecule has 4 aromatic carbocycles. The van der Waals surface area contributed by atoms with E-state index in [0.29, 0.717) is 112 Å². The van der Waals surface area contributed by atoms with Crippen molar-refractivity contribution in [3.63, 3.8) is 0 Å². The third-order valence-corrected chi connectivity index (χ3v) is 15.0. The van der Waals surface area contributed by atoms with Crippen molar-refractivity contribution in [3.8, 4) is 0 Å². The van der Waals surface area contributed by atoms with Crippen LogP contribution in [-0.4, -0.2) is 64.2 Å². The van der Waals surface area contributed by atoms with E-state index in [1.54, 1.807) is 48.5 Å². The second kappa shape index (κ2) is 25.0. The predicted molar refractivity (Wildman–Crippen MR) is 243 cm³/mol. The molecule has 0 spiro atoms. The predicted octanol–water partition coefficient (Wildman–Crippen LogP) is 12.5. The van der Waals surface area contributed by atoms with Crippen LogP contribution < -0.4 is 10.6 Å². The zero-order valence-electron chi connectivity index (χ0n) is 36.6. The van der Waals surface area contributed by atoms with Crippen molar-refractivity contribution in [1.82, 2.24) is 10.6 Å². The topological polar surface area (TPSA) is 78.1 Å². The van der Waals surface area contributed by atoms with Gasteiger partial charge in [0.1, 0.15) is 11.6 Å². The van der Waals surface area contributed by atoms with Gasteiger partial charge in [-0.15, -0.1) is 23.5 Å². The van der Waals surface area contributed by atoms with Crippen LogP contribution >= 0.6 is 31.8 Å². The second-order valence-electron chi connectivity index (χ2n) is 16.8. The first-order chi connectivity index (χ1) is 31.7. The summed E-state index contributed by atoms with van der Waals surface area (Å²) >= 11 is 2.32. The summed E-state index contributed by atoms with van der Waals surface area (Å²) < 4.78 is 147. The quantitative estimate of drug-likeness (QED) is 0.0250. The molecule has 0 saturated carbocycles. The van der Waals surface area contributed by atoms with Gasteiger partial charge in [-0.05, 0) is 122 Å². The molecule has 4 aromatic rings. The molecule has 7 nitrogen and oxygen atoms in total. The number of hydrogen-bond donors (Lipinski definition) is 2. The van der Waals surface area contributed by atoms with E-state index in [1.165, 1.54) is 24.3 Å². The maximum absolute atomic E-state index is 14.4. The summed E-state index contributed by atoms with van der Waals surface area (Å²) in [7, 11) is -2.78. The molecule has 0 amide bonds. The average molecular weight is 989 g/mol. The number of thioether (sulfide) groups is 2. The van der Waals surface area contributed by atoms with Crippen LogP contribution in [0.5, 0.6) is 0 Å². The summed E-state index contributed by atoms with van der Waals surface area (Å²) in [4.78, 5) is 0.321. The molecular weight excluding hydrogens is 932 g/mol. The number of hydrogen-bond acceptors (Lipinski definition) is 9. The first-order valence-corrected chi connectivity index (χ1v) is 25.4. The Morgan fingerprint density at radius 1 is 0.576 bits per heavy atom. The lowest BCUT2D eigenvalue weighted by molar-refractivity contribution is -0.140. The molecule has 2 N–H and O–H groups in total. The lowest BCUT2D eigenvalue weighted by Crippen LogP contribution is -2.47. The highest BCUT2D eigenvalue weighted by molar-refractivity contribution is 7.99. The van der Waals surface area contributed by atoms with Crippen molar-refractivity contribution in [1.29, 1.82) is 0 Å². The molecule has 0 atom stereocenters. The van der Waals surface area contributed by atoms with Crippen LogP contribution in [0.1, 0.15) is 84.7 Å². The molecule has 2 fully saturated rings. The summed E-state index contributed by atoms with van der Waals surface area (Å²) in [5.74, 6) is 0.450. The molecule has 0 aromatic heterocycles. The van der Waals surface area contributed by atoms with E-state index in [2.05, 4.69) is 10.6 Å². The molecule has 2 heterocycles. The molecule has 66 heavy (non-hydrogen) atoms. The molecule has 0 bridgehead atoms. The Bertz CT molecular complexity index is 2030. The van der Waals surface area contributed by atoms with Crippen LogP contribution in [-0.2, 0) is 59.4 Å². The maximum atomic E-state index is 14.4. The Labute approximate surface area is 390 Å². The van der Waals surface area contributed by atoms with Crippen LogP contribution in [0.4, 0.5) is 35.1 Å². The summed E-state index contributed by atoms with van der Waals surface area (Å²) in [5.41, 5.74) is 0.0649. The first-order valence-electron chi connectivity index (χ1n) is 22.2. The number of halogens is 8. The molecule has 2 aliphatic rings. The number of ether oxygens (including phenoxy) is 2. The Kier molecular flexibility index (Phi) is 19.9. The van der Waals surface area contributed by atoms with Crippen molar-refractivity contribution >= 4 is 31.8 Å². The highest BCUT2D eigenvalue weighted by Crippen LogP contribution is 2.42. The molecular formula is C48H57F8N2O5PS2. The van der Waals surface area contributed by atoms with Gasteiger partial charge in [-0.2, -0.15) is 26.3 Å². The summed E-state index contributed by atoms with van der Waals surface area (Å²) in [6.07, 6.45) is -3.96. The highest BCUT2D eigenvalue weighted by atomic mass is 32.2. The lowest BCUT2D eigenvalue weighted by Gasteiger charge is -2.42. The normalized spacial score (nSPS) is 15.8. The van der Waals surface area contributed by atoms with Crippen molar-refractivity contribution in [3.05, 3.63) is 130 Å². The minimum Gasteiger partial charge on any atom is -0.379 e. The van der Waals surface area contributed by atoms with E-state index in [4.69, 9.17) is 18.5 Å². The summed E-state index contributed by atoms with van der Waals surface area (Å²) in [5, 5.41) is 6.18. The van der Waals surface area contributed by atoms with Crippen molar-refractivity contribution in [2.75, 3.05) is 64.2 Å².